The Morgan fingerprint density at radius 1 is 1.36 bits per heavy atom. The highest BCUT2D eigenvalue weighted by molar-refractivity contribution is 9.10. The van der Waals surface area contributed by atoms with Crippen molar-refractivity contribution in [2.75, 3.05) is 11.4 Å². The zero-order chi connectivity index (χ0) is 16.1. The van der Waals surface area contributed by atoms with Gasteiger partial charge in [-0.25, -0.2) is 4.98 Å². The van der Waals surface area contributed by atoms with Gasteiger partial charge in [0.25, 0.3) is 0 Å². The number of benzene rings is 1. The molecule has 1 aromatic carbocycles. The normalized spacial score (nSPS) is 19.1. The Labute approximate surface area is 138 Å². The van der Waals surface area contributed by atoms with Gasteiger partial charge in [-0.15, -0.1) is 3.89 Å². The van der Waals surface area contributed by atoms with Crippen LogP contribution < -0.4 is 4.90 Å². The summed E-state index contributed by atoms with van der Waals surface area (Å²) < 4.78 is 35.8. The quantitative estimate of drug-likeness (QED) is 0.563. The molecule has 10 heteroatoms. The molecule has 0 spiro atoms. The molecule has 1 saturated heterocycles. The number of amides is 1. The number of nitrogens with zero attached hydrogens (tertiary/aromatic N) is 3. The lowest BCUT2D eigenvalue weighted by molar-refractivity contribution is -0.117. The molecule has 0 saturated carbocycles. The number of hydrogen-bond donors (Lipinski definition) is 0. The Morgan fingerprint density at radius 3 is 2.73 bits per heavy atom. The number of carbonyl (C=O) groups excluding carboxylic acids is 1. The van der Waals surface area contributed by atoms with Gasteiger partial charge in [0.1, 0.15) is 11.1 Å². The lowest BCUT2D eigenvalue weighted by Crippen LogP contribution is -2.28. The van der Waals surface area contributed by atoms with Gasteiger partial charge in [0, 0.05) is 22.8 Å². The third kappa shape index (κ3) is 2.68. The SMILES string of the molecule is O=C1CC(S(=O)(=O)F)CN1c1nc(Cl)nc2c(Br)cccc12. The van der Waals surface area contributed by atoms with Crippen molar-refractivity contribution in [2.24, 2.45) is 0 Å². The predicted molar refractivity (Wildman–Crippen MR) is 83.0 cm³/mol. The summed E-state index contributed by atoms with van der Waals surface area (Å²) in [5, 5.41) is -0.964. The molecule has 2 aromatic rings. The van der Waals surface area contributed by atoms with Gasteiger partial charge in [0.15, 0.2) is 0 Å². The maximum absolute atomic E-state index is 13.1. The first-order chi connectivity index (χ1) is 10.3. The molecule has 1 aromatic heterocycles. The highest BCUT2D eigenvalue weighted by Gasteiger charge is 2.40. The second-order valence-corrected chi connectivity index (χ2v) is 7.57. The van der Waals surface area contributed by atoms with Crippen molar-refractivity contribution in [1.82, 2.24) is 9.97 Å². The van der Waals surface area contributed by atoms with Crippen LogP contribution in [0, 0.1) is 0 Å². The molecular weight excluding hydrogens is 401 g/mol. The highest BCUT2D eigenvalue weighted by Crippen LogP contribution is 2.33. The van der Waals surface area contributed by atoms with E-state index in [9.17, 15) is 17.1 Å². The summed E-state index contributed by atoms with van der Waals surface area (Å²) in [6, 6.07) is 5.14. The van der Waals surface area contributed by atoms with Gasteiger partial charge in [-0.2, -0.15) is 13.4 Å². The molecule has 0 bridgehead atoms. The Morgan fingerprint density at radius 2 is 2.09 bits per heavy atom. The summed E-state index contributed by atoms with van der Waals surface area (Å²) in [6.07, 6.45) is -0.421. The molecule has 3 rings (SSSR count). The van der Waals surface area contributed by atoms with Crippen molar-refractivity contribution in [3.8, 4) is 0 Å². The Kier molecular flexibility index (Phi) is 3.82. The zero-order valence-electron chi connectivity index (χ0n) is 10.8. The molecule has 6 nitrogen and oxygen atoms in total. The lowest BCUT2D eigenvalue weighted by Gasteiger charge is -2.17. The van der Waals surface area contributed by atoms with E-state index in [4.69, 9.17) is 11.6 Å². The number of carbonyl (C=O) groups is 1. The third-order valence-electron chi connectivity index (χ3n) is 3.37. The van der Waals surface area contributed by atoms with Gasteiger partial charge in [-0.3, -0.25) is 9.69 Å². The molecule has 0 radical (unpaired) electrons. The number of hydrogen-bond acceptors (Lipinski definition) is 5. The highest BCUT2D eigenvalue weighted by atomic mass is 79.9. The van der Waals surface area contributed by atoms with Crippen LogP contribution in [-0.4, -0.2) is 36.1 Å². The molecule has 116 valence electrons. The van der Waals surface area contributed by atoms with E-state index in [0.717, 1.165) is 4.90 Å². The second-order valence-electron chi connectivity index (χ2n) is 4.76. The van der Waals surface area contributed by atoms with Crippen molar-refractivity contribution < 1.29 is 17.1 Å². The monoisotopic (exact) mass is 407 g/mol. The maximum Gasteiger partial charge on any atom is 0.307 e. The van der Waals surface area contributed by atoms with Gasteiger partial charge in [-0.1, -0.05) is 6.07 Å². The minimum Gasteiger partial charge on any atom is -0.295 e. The van der Waals surface area contributed by atoms with Gasteiger partial charge in [-0.05, 0) is 39.7 Å². The first kappa shape index (κ1) is 15.6. The summed E-state index contributed by atoms with van der Waals surface area (Å²) in [4.78, 5) is 21.3. The Balaban J connectivity index is 2.15. The summed E-state index contributed by atoms with van der Waals surface area (Å²) in [5.41, 5.74) is 0.483. The van der Waals surface area contributed by atoms with Gasteiger partial charge < -0.3 is 0 Å². The third-order valence-corrected chi connectivity index (χ3v) is 5.29. The molecule has 0 N–H and O–H groups in total. The Bertz CT molecular complexity index is 893. The van der Waals surface area contributed by atoms with E-state index < -0.39 is 27.8 Å². The largest absolute Gasteiger partial charge is 0.307 e. The van der Waals surface area contributed by atoms with Gasteiger partial charge in [0.05, 0.1) is 5.52 Å². The lowest BCUT2D eigenvalue weighted by atomic mass is 10.2. The van der Waals surface area contributed by atoms with E-state index in [-0.39, 0.29) is 17.6 Å². The van der Waals surface area contributed by atoms with Crippen LogP contribution in [0.1, 0.15) is 6.42 Å². The van der Waals surface area contributed by atoms with Crippen molar-refractivity contribution >= 4 is 60.4 Å². The maximum atomic E-state index is 13.1. The van der Waals surface area contributed by atoms with Crippen LogP contribution in [0.3, 0.4) is 0 Å². The van der Waals surface area contributed by atoms with Crippen LogP contribution in [0.5, 0.6) is 0 Å². The molecule has 0 aliphatic carbocycles. The summed E-state index contributed by atoms with van der Waals surface area (Å²) in [5.74, 6) is -0.352. The van der Waals surface area contributed by atoms with Crippen LogP contribution in [0.4, 0.5) is 9.70 Å². The van der Waals surface area contributed by atoms with Crippen molar-refractivity contribution in [3.05, 3.63) is 28.0 Å². The first-order valence-electron chi connectivity index (χ1n) is 6.13. The molecule has 1 atom stereocenters. The fourth-order valence-electron chi connectivity index (χ4n) is 2.35. The zero-order valence-corrected chi connectivity index (χ0v) is 14.0. The molecule has 1 amide bonds. The minimum absolute atomic E-state index is 0.0891. The van der Waals surface area contributed by atoms with Crippen LogP contribution in [-0.2, 0) is 15.0 Å². The van der Waals surface area contributed by atoms with Crippen LogP contribution >= 0.6 is 27.5 Å². The standard InChI is InChI=1S/C12H8BrClFN3O3S/c13-8-3-1-2-7-10(8)16-12(14)17-11(7)18-5-6(4-9(18)19)22(15,20)21/h1-3,6H,4-5H2. The van der Waals surface area contributed by atoms with Crippen molar-refractivity contribution in [1.29, 1.82) is 0 Å². The van der Waals surface area contributed by atoms with E-state index in [1.807, 2.05) is 0 Å². The Hall–Kier alpha value is -1.32. The fourth-order valence-corrected chi connectivity index (χ4v) is 3.64. The molecule has 1 fully saturated rings. The number of rotatable bonds is 2. The van der Waals surface area contributed by atoms with Crippen molar-refractivity contribution in [2.45, 2.75) is 11.7 Å². The number of halogens is 3. The topological polar surface area (TPSA) is 80.2 Å². The second kappa shape index (κ2) is 5.39. The smallest absolute Gasteiger partial charge is 0.295 e. The molecule has 1 aliphatic rings. The van der Waals surface area contributed by atoms with Gasteiger partial charge in [0.2, 0.25) is 11.2 Å². The van der Waals surface area contributed by atoms with Crippen LogP contribution in [0.25, 0.3) is 10.9 Å². The number of para-hydroxylation sites is 1. The van der Waals surface area contributed by atoms with Crippen molar-refractivity contribution in [3.63, 3.8) is 0 Å². The fraction of sp³-hybridized carbons (Fsp3) is 0.250. The van der Waals surface area contributed by atoms with E-state index in [0.29, 0.717) is 15.4 Å². The van der Waals surface area contributed by atoms with E-state index in [1.54, 1.807) is 18.2 Å². The predicted octanol–water partition coefficient (Wildman–Crippen LogP) is 2.45. The first-order valence-corrected chi connectivity index (χ1v) is 8.75. The van der Waals surface area contributed by atoms with E-state index in [1.165, 1.54) is 0 Å². The van der Waals surface area contributed by atoms with Gasteiger partial charge >= 0.3 is 10.2 Å². The summed E-state index contributed by atoms with van der Waals surface area (Å²) >= 11 is 9.20. The molecular formula is C12H8BrClFN3O3S. The average Bonchev–Trinajstić information content (AvgIpc) is 2.81. The average molecular weight is 409 g/mol. The molecule has 1 aliphatic heterocycles. The summed E-state index contributed by atoms with van der Waals surface area (Å²) in [7, 11) is -4.80. The molecule has 2 heterocycles. The van der Waals surface area contributed by atoms with Crippen LogP contribution in [0.2, 0.25) is 5.28 Å². The van der Waals surface area contributed by atoms with E-state index >= 15 is 0 Å². The number of aromatic nitrogens is 2. The van der Waals surface area contributed by atoms with Crippen LogP contribution in [0.15, 0.2) is 22.7 Å². The minimum atomic E-state index is -4.80. The molecule has 1 unspecified atom stereocenters. The summed E-state index contributed by atoms with van der Waals surface area (Å²) in [6.45, 7) is -0.299. The number of fused-ring (bicyclic) bond motifs is 1. The number of anilines is 1. The van der Waals surface area contributed by atoms with E-state index in [2.05, 4.69) is 25.9 Å². The molecule has 22 heavy (non-hydrogen) atoms.